The third-order valence-corrected chi connectivity index (χ3v) is 4.98. The topological polar surface area (TPSA) is 52.9 Å². The molecule has 1 aliphatic rings. The first-order valence-electron chi connectivity index (χ1n) is 6.40. The van der Waals surface area contributed by atoms with Crippen LogP contribution < -0.4 is 5.32 Å². The summed E-state index contributed by atoms with van der Waals surface area (Å²) in [6.07, 6.45) is 0. The van der Waals surface area contributed by atoms with Gasteiger partial charge in [-0.05, 0) is 29.8 Å². The second kappa shape index (κ2) is 5.80. The van der Waals surface area contributed by atoms with Crippen molar-refractivity contribution in [2.45, 2.75) is 10.1 Å². The number of nitrogens with zero attached hydrogens (tertiary/aromatic N) is 1. The van der Waals surface area contributed by atoms with Crippen LogP contribution in [0.1, 0.15) is 10.8 Å². The molecule has 2 aromatic rings. The largest absolute Gasteiger partial charge is 0.324 e. The summed E-state index contributed by atoms with van der Waals surface area (Å²) >= 11 is 7.44. The number of nitriles is 1. The first-order chi connectivity index (χ1) is 10.2. The molecule has 0 spiro atoms. The molecule has 21 heavy (non-hydrogen) atoms. The lowest BCUT2D eigenvalue weighted by atomic mass is 9.99. The van der Waals surface area contributed by atoms with E-state index in [1.807, 2.05) is 36.4 Å². The number of hydrogen-bond donors (Lipinski definition) is 1. The Labute approximate surface area is 131 Å². The third-order valence-electron chi connectivity index (χ3n) is 3.32. The number of fused-ring (bicyclic) bond motifs is 1. The molecule has 1 heterocycles. The van der Waals surface area contributed by atoms with E-state index in [2.05, 4.69) is 11.4 Å². The van der Waals surface area contributed by atoms with Gasteiger partial charge in [-0.25, -0.2) is 0 Å². The average molecular weight is 315 g/mol. The number of anilines is 1. The van der Waals surface area contributed by atoms with Gasteiger partial charge in [-0.2, -0.15) is 5.26 Å². The summed E-state index contributed by atoms with van der Waals surface area (Å²) < 4.78 is 0. The smallest absolute Gasteiger partial charge is 0.243 e. The van der Waals surface area contributed by atoms with Crippen molar-refractivity contribution in [2.75, 3.05) is 5.32 Å². The number of amides is 1. The van der Waals surface area contributed by atoms with E-state index in [9.17, 15) is 10.1 Å². The standard InChI is InChI=1S/C16H11ClN2OS/c17-11-7-5-10(6-8-11)15-12(9-18)16(20)19-13-3-1-2-4-14(13)21-15/h1-8,12,15H,(H,19,20)/t12-,15+/m1/s1. The molecule has 0 bridgehead atoms. The molecule has 3 rings (SSSR count). The average Bonchev–Trinajstić information content (AvgIpc) is 2.63. The summed E-state index contributed by atoms with van der Waals surface area (Å²) in [5.41, 5.74) is 1.67. The summed E-state index contributed by atoms with van der Waals surface area (Å²) in [6.45, 7) is 0. The molecule has 0 radical (unpaired) electrons. The zero-order chi connectivity index (χ0) is 14.8. The van der Waals surface area contributed by atoms with Crippen LogP contribution in [0.5, 0.6) is 0 Å². The minimum absolute atomic E-state index is 0.254. The summed E-state index contributed by atoms with van der Waals surface area (Å²) in [6, 6.07) is 17.0. The summed E-state index contributed by atoms with van der Waals surface area (Å²) in [4.78, 5) is 13.2. The number of nitrogens with one attached hydrogen (secondary N) is 1. The maximum absolute atomic E-state index is 12.3. The van der Waals surface area contributed by atoms with Gasteiger partial charge in [0.1, 0.15) is 5.92 Å². The van der Waals surface area contributed by atoms with E-state index in [1.54, 1.807) is 12.1 Å². The molecular weight excluding hydrogens is 304 g/mol. The number of benzene rings is 2. The second-order valence-corrected chi connectivity index (χ2v) is 6.30. The summed E-state index contributed by atoms with van der Waals surface area (Å²) in [7, 11) is 0. The molecule has 2 aromatic carbocycles. The Morgan fingerprint density at radius 3 is 2.57 bits per heavy atom. The minimum Gasteiger partial charge on any atom is -0.324 e. The van der Waals surface area contributed by atoms with Crippen LogP contribution in [0.2, 0.25) is 5.02 Å². The molecule has 2 atom stereocenters. The van der Waals surface area contributed by atoms with Crippen molar-refractivity contribution in [3.63, 3.8) is 0 Å². The van der Waals surface area contributed by atoms with Crippen molar-refractivity contribution in [1.82, 2.24) is 0 Å². The molecule has 0 saturated carbocycles. The highest BCUT2D eigenvalue weighted by molar-refractivity contribution is 7.99. The zero-order valence-corrected chi connectivity index (χ0v) is 12.5. The predicted molar refractivity (Wildman–Crippen MR) is 84.2 cm³/mol. The lowest BCUT2D eigenvalue weighted by Crippen LogP contribution is -2.24. The Hall–Kier alpha value is -1.96. The fourth-order valence-corrected chi connectivity index (χ4v) is 3.68. The number of para-hydroxylation sites is 1. The highest BCUT2D eigenvalue weighted by Crippen LogP contribution is 2.46. The highest BCUT2D eigenvalue weighted by atomic mass is 35.5. The Balaban J connectivity index is 2.06. The van der Waals surface area contributed by atoms with Crippen LogP contribution in [-0.2, 0) is 4.79 Å². The molecule has 104 valence electrons. The Bertz CT molecular complexity index is 724. The number of carbonyl (C=O) groups excluding carboxylic acids is 1. The van der Waals surface area contributed by atoms with Gasteiger partial charge in [-0.1, -0.05) is 35.9 Å². The Morgan fingerprint density at radius 2 is 1.86 bits per heavy atom. The molecule has 3 nitrogen and oxygen atoms in total. The Morgan fingerprint density at radius 1 is 1.14 bits per heavy atom. The van der Waals surface area contributed by atoms with Gasteiger partial charge in [0.05, 0.1) is 17.0 Å². The van der Waals surface area contributed by atoms with Crippen LogP contribution in [0.3, 0.4) is 0 Å². The minimum atomic E-state index is -0.747. The van der Waals surface area contributed by atoms with E-state index >= 15 is 0 Å². The molecular formula is C16H11ClN2OS. The van der Waals surface area contributed by atoms with Crippen molar-refractivity contribution in [1.29, 1.82) is 5.26 Å². The zero-order valence-electron chi connectivity index (χ0n) is 10.9. The summed E-state index contributed by atoms with van der Waals surface area (Å²) in [5.74, 6) is -1.02. The SMILES string of the molecule is N#C[C@H]1C(=O)Nc2ccccc2S[C@H]1c1ccc(Cl)cc1. The molecule has 5 heteroatoms. The number of thioether (sulfide) groups is 1. The van der Waals surface area contributed by atoms with Gasteiger partial charge in [0.2, 0.25) is 5.91 Å². The maximum atomic E-state index is 12.3. The normalized spacial score (nSPS) is 20.9. The van der Waals surface area contributed by atoms with E-state index in [1.165, 1.54) is 11.8 Å². The predicted octanol–water partition coefficient (Wildman–Crippen LogP) is 4.27. The molecule has 0 fully saturated rings. The van der Waals surface area contributed by atoms with Gasteiger partial charge in [-0.3, -0.25) is 4.79 Å². The quantitative estimate of drug-likeness (QED) is 0.855. The van der Waals surface area contributed by atoms with Crippen LogP contribution in [0.4, 0.5) is 5.69 Å². The molecule has 0 unspecified atom stereocenters. The lowest BCUT2D eigenvalue weighted by molar-refractivity contribution is -0.118. The monoisotopic (exact) mass is 314 g/mol. The van der Waals surface area contributed by atoms with Gasteiger partial charge < -0.3 is 5.32 Å². The number of rotatable bonds is 1. The fourth-order valence-electron chi connectivity index (χ4n) is 2.26. The van der Waals surface area contributed by atoms with Crippen molar-refractivity contribution in [3.05, 3.63) is 59.1 Å². The van der Waals surface area contributed by atoms with Crippen molar-refractivity contribution in [2.24, 2.45) is 5.92 Å². The van der Waals surface area contributed by atoms with E-state index in [-0.39, 0.29) is 11.2 Å². The van der Waals surface area contributed by atoms with Crippen LogP contribution in [-0.4, -0.2) is 5.91 Å². The van der Waals surface area contributed by atoms with Gasteiger partial charge in [-0.15, -0.1) is 11.8 Å². The van der Waals surface area contributed by atoms with E-state index in [0.29, 0.717) is 5.02 Å². The fraction of sp³-hybridized carbons (Fsp3) is 0.125. The van der Waals surface area contributed by atoms with Gasteiger partial charge >= 0.3 is 0 Å². The van der Waals surface area contributed by atoms with Crippen molar-refractivity contribution in [3.8, 4) is 6.07 Å². The second-order valence-electron chi connectivity index (χ2n) is 4.68. The van der Waals surface area contributed by atoms with E-state index in [0.717, 1.165) is 16.1 Å². The molecule has 1 amide bonds. The number of carbonyl (C=O) groups is 1. The van der Waals surface area contributed by atoms with Gasteiger partial charge in [0, 0.05) is 9.92 Å². The van der Waals surface area contributed by atoms with Gasteiger partial charge in [0.15, 0.2) is 0 Å². The van der Waals surface area contributed by atoms with E-state index in [4.69, 9.17) is 11.6 Å². The van der Waals surface area contributed by atoms with Crippen LogP contribution >= 0.6 is 23.4 Å². The third kappa shape index (κ3) is 2.76. The van der Waals surface area contributed by atoms with Crippen LogP contribution in [0.25, 0.3) is 0 Å². The molecule has 1 N–H and O–H groups in total. The first-order valence-corrected chi connectivity index (χ1v) is 7.66. The van der Waals surface area contributed by atoms with Crippen LogP contribution in [0.15, 0.2) is 53.4 Å². The van der Waals surface area contributed by atoms with Crippen LogP contribution in [0, 0.1) is 17.2 Å². The first kappa shape index (κ1) is 14.0. The maximum Gasteiger partial charge on any atom is 0.243 e. The number of halogens is 1. The van der Waals surface area contributed by atoms with Crippen molar-refractivity contribution < 1.29 is 4.79 Å². The summed E-state index contributed by atoms with van der Waals surface area (Å²) in [5, 5.41) is 12.6. The number of hydrogen-bond acceptors (Lipinski definition) is 3. The van der Waals surface area contributed by atoms with E-state index < -0.39 is 5.92 Å². The molecule has 0 saturated heterocycles. The molecule has 0 aromatic heterocycles. The molecule has 1 aliphatic heterocycles. The lowest BCUT2D eigenvalue weighted by Gasteiger charge is -2.18. The highest BCUT2D eigenvalue weighted by Gasteiger charge is 2.34. The van der Waals surface area contributed by atoms with Crippen molar-refractivity contribution >= 4 is 35.0 Å². The Kier molecular flexibility index (Phi) is 3.87. The van der Waals surface area contributed by atoms with Gasteiger partial charge in [0.25, 0.3) is 0 Å². The molecule has 0 aliphatic carbocycles.